The first-order chi connectivity index (χ1) is 27.3. The van der Waals surface area contributed by atoms with E-state index in [1.165, 1.54) is 49.7 Å². The SMILES string of the molecule is c1ccc(-c2ccc(C(c3ccccc3)c3cc4oc5cc(N(c6ccccc6)c6ccc(-c7ccccc7)cc6)ccc5c4c4ccccc34)cc2)cc1. The monoisotopic (exact) mass is 703 g/mol. The molecule has 9 aromatic carbocycles. The molecule has 2 nitrogen and oxygen atoms in total. The molecule has 1 aromatic heterocycles. The van der Waals surface area contributed by atoms with Crippen molar-refractivity contribution >= 4 is 49.8 Å². The fraction of sp³-hybridized carbons (Fsp3) is 0.0189. The van der Waals surface area contributed by atoms with E-state index in [1.54, 1.807) is 0 Å². The molecule has 0 radical (unpaired) electrons. The Kier molecular flexibility index (Phi) is 8.27. The second-order valence-corrected chi connectivity index (χ2v) is 14.1. The summed E-state index contributed by atoms with van der Waals surface area (Å²) in [5.41, 5.74) is 13.5. The molecule has 0 aliphatic carbocycles. The Hall–Kier alpha value is -7.16. The van der Waals surface area contributed by atoms with Crippen LogP contribution < -0.4 is 4.90 Å². The molecule has 0 aliphatic rings. The normalized spacial score (nSPS) is 11.9. The highest BCUT2D eigenvalue weighted by atomic mass is 16.3. The topological polar surface area (TPSA) is 16.4 Å². The van der Waals surface area contributed by atoms with Gasteiger partial charge in [-0.2, -0.15) is 0 Å². The third-order valence-corrected chi connectivity index (χ3v) is 10.8. The summed E-state index contributed by atoms with van der Waals surface area (Å²) in [4.78, 5) is 2.30. The van der Waals surface area contributed by atoms with Gasteiger partial charge in [-0.1, -0.05) is 170 Å². The third-order valence-electron chi connectivity index (χ3n) is 10.8. The van der Waals surface area contributed by atoms with Crippen LogP contribution in [0.5, 0.6) is 0 Å². The van der Waals surface area contributed by atoms with E-state index in [4.69, 9.17) is 4.42 Å². The van der Waals surface area contributed by atoms with Gasteiger partial charge in [-0.15, -0.1) is 0 Å². The molecule has 1 atom stereocenters. The molecular weight excluding hydrogens is 667 g/mol. The Morgan fingerprint density at radius 1 is 0.327 bits per heavy atom. The Balaban J connectivity index is 1.12. The van der Waals surface area contributed by atoms with Gasteiger partial charge in [0.1, 0.15) is 11.2 Å². The van der Waals surface area contributed by atoms with Gasteiger partial charge < -0.3 is 9.32 Å². The van der Waals surface area contributed by atoms with Crippen LogP contribution in [-0.2, 0) is 0 Å². The number of anilines is 3. The summed E-state index contributed by atoms with van der Waals surface area (Å²) in [5, 5.41) is 4.68. The number of fused-ring (bicyclic) bond motifs is 5. The second-order valence-electron chi connectivity index (χ2n) is 14.1. The van der Waals surface area contributed by atoms with E-state index in [1.807, 2.05) is 0 Å². The summed E-state index contributed by atoms with van der Waals surface area (Å²) >= 11 is 0. The van der Waals surface area contributed by atoms with Gasteiger partial charge in [-0.05, 0) is 92.2 Å². The zero-order valence-corrected chi connectivity index (χ0v) is 30.2. The molecule has 0 amide bonds. The number of nitrogens with zero attached hydrogens (tertiary/aromatic N) is 1. The summed E-state index contributed by atoms with van der Waals surface area (Å²) < 4.78 is 6.91. The lowest BCUT2D eigenvalue weighted by Gasteiger charge is -2.25. The summed E-state index contributed by atoms with van der Waals surface area (Å²) in [7, 11) is 0. The second kappa shape index (κ2) is 14.0. The Labute approximate surface area is 321 Å². The lowest BCUT2D eigenvalue weighted by atomic mass is 9.81. The summed E-state index contributed by atoms with van der Waals surface area (Å²) in [5.74, 6) is 0.0107. The van der Waals surface area contributed by atoms with Crippen LogP contribution in [0.4, 0.5) is 17.1 Å². The van der Waals surface area contributed by atoms with Crippen LogP contribution in [0.15, 0.2) is 223 Å². The summed E-state index contributed by atoms with van der Waals surface area (Å²) in [6.07, 6.45) is 0. The van der Waals surface area contributed by atoms with Crippen molar-refractivity contribution in [3.63, 3.8) is 0 Å². The van der Waals surface area contributed by atoms with E-state index in [0.29, 0.717) is 0 Å². The summed E-state index contributed by atoms with van der Waals surface area (Å²) in [6.45, 7) is 0. The maximum atomic E-state index is 6.91. The van der Waals surface area contributed by atoms with Crippen LogP contribution >= 0.6 is 0 Å². The highest BCUT2D eigenvalue weighted by Gasteiger charge is 2.23. The maximum absolute atomic E-state index is 6.91. The zero-order valence-electron chi connectivity index (χ0n) is 30.2. The first-order valence-corrected chi connectivity index (χ1v) is 18.9. The van der Waals surface area contributed by atoms with Gasteiger partial charge in [-0.25, -0.2) is 0 Å². The Bertz CT molecular complexity index is 2880. The Morgan fingerprint density at radius 2 is 0.800 bits per heavy atom. The number of rotatable bonds is 8. The van der Waals surface area contributed by atoms with Crippen LogP contribution in [0.1, 0.15) is 22.6 Å². The fourth-order valence-electron chi connectivity index (χ4n) is 8.19. The molecule has 10 rings (SSSR count). The molecule has 0 aliphatic heterocycles. The van der Waals surface area contributed by atoms with Gasteiger partial charge in [0.05, 0.1) is 0 Å². The highest BCUT2D eigenvalue weighted by molar-refractivity contribution is 6.20. The molecule has 2 heteroatoms. The molecular formula is C53H37NO. The average molecular weight is 704 g/mol. The molecule has 0 spiro atoms. The molecule has 0 saturated carbocycles. The molecule has 0 saturated heterocycles. The van der Waals surface area contributed by atoms with E-state index < -0.39 is 0 Å². The predicted octanol–water partition coefficient (Wildman–Crippen LogP) is 14.7. The highest BCUT2D eigenvalue weighted by Crippen LogP contribution is 2.44. The van der Waals surface area contributed by atoms with Gasteiger partial charge in [0.15, 0.2) is 0 Å². The molecule has 0 fully saturated rings. The fourth-order valence-corrected chi connectivity index (χ4v) is 8.19. The van der Waals surface area contributed by atoms with Crippen LogP contribution in [0.2, 0.25) is 0 Å². The molecule has 260 valence electrons. The van der Waals surface area contributed by atoms with E-state index >= 15 is 0 Å². The standard InChI is InChI=1S/C53H37NO/c1-5-15-37(16-6-1)39-25-27-42(28-26-39)52(41-19-9-3-10-20-41)49-36-51-53(47-24-14-13-23-46(47)49)48-34-33-45(35-50(48)55-51)54(43-21-11-4-12-22-43)44-31-29-40(30-32-44)38-17-7-2-8-18-38/h1-36,52H. The number of furan rings is 1. The van der Waals surface area contributed by atoms with Crippen molar-refractivity contribution in [2.24, 2.45) is 0 Å². The molecule has 0 bridgehead atoms. The molecule has 10 aromatic rings. The first kappa shape index (κ1) is 32.5. The van der Waals surface area contributed by atoms with Crippen molar-refractivity contribution in [3.8, 4) is 22.3 Å². The Morgan fingerprint density at radius 3 is 1.44 bits per heavy atom. The van der Waals surface area contributed by atoms with E-state index in [2.05, 4.69) is 223 Å². The number of para-hydroxylation sites is 1. The van der Waals surface area contributed by atoms with E-state index in [-0.39, 0.29) is 5.92 Å². The number of hydrogen-bond acceptors (Lipinski definition) is 2. The molecule has 1 heterocycles. The quantitative estimate of drug-likeness (QED) is 0.147. The zero-order chi connectivity index (χ0) is 36.6. The maximum Gasteiger partial charge on any atom is 0.137 e. The minimum absolute atomic E-state index is 0.0107. The van der Waals surface area contributed by atoms with E-state index in [0.717, 1.165) is 39.0 Å². The van der Waals surface area contributed by atoms with Crippen molar-refractivity contribution in [1.82, 2.24) is 0 Å². The van der Waals surface area contributed by atoms with Crippen LogP contribution in [-0.4, -0.2) is 0 Å². The van der Waals surface area contributed by atoms with Gasteiger partial charge in [0.2, 0.25) is 0 Å². The van der Waals surface area contributed by atoms with E-state index in [9.17, 15) is 0 Å². The smallest absolute Gasteiger partial charge is 0.137 e. The van der Waals surface area contributed by atoms with Crippen molar-refractivity contribution in [2.45, 2.75) is 5.92 Å². The molecule has 55 heavy (non-hydrogen) atoms. The minimum Gasteiger partial charge on any atom is -0.456 e. The van der Waals surface area contributed by atoms with Gasteiger partial charge in [0, 0.05) is 39.8 Å². The summed E-state index contributed by atoms with van der Waals surface area (Å²) in [6, 6.07) is 78.1. The van der Waals surface area contributed by atoms with Crippen molar-refractivity contribution < 1.29 is 4.42 Å². The average Bonchev–Trinajstić information content (AvgIpc) is 3.64. The largest absolute Gasteiger partial charge is 0.456 e. The van der Waals surface area contributed by atoms with Crippen molar-refractivity contribution in [2.75, 3.05) is 4.90 Å². The van der Waals surface area contributed by atoms with Crippen molar-refractivity contribution in [1.29, 1.82) is 0 Å². The third kappa shape index (κ3) is 6.04. The number of hydrogen-bond donors (Lipinski definition) is 0. The molecule has 1 unspecified atom stereocenters. The number of benzene rings is 9. The van der Waals surface area contributed by atoms with Gasteiger partial charge in [0.25, 0.3) is 0 Å². The van der Waals surface area contributed by atoms with Gasteiger partial charge >= 0.3 is 0 Å². The van der Waals surface area contributed by atoms with Crippen LogP contribution in [0, 0.1) is 0 Å². The lowest BCUT2D eigenvalue weighted by Crippen LogP contribution is -2.09. The van der Waals surface area contributed by atoms with Crippen molar-refractivity contribution in [3.05, 3.63) is 235 Å². The van der Waals surface area contributed by atoms with Crippen LogP contribution in [0.25, 0.3) is 55.0 Å². The lowest BCUT2D eigenvalue weighted by molar-refractivity contribution is 0.668. The minimum atomic E-state index is 0.0107. The molecule has 0 N–H and O–H groups in total. The first-order valence-electron chi connectivity index (χ1n) is 18.9. The predicted molar refractivity (Wildman–Crippen MR) is 231 cm³/mol. The van der Waals surface area contributed by atoms with Gasteiger partial charge in [-0.3, -0.25) is 0 Å². The van der Waals surface area contributed by atoms with Crippen LogP contribution in [0.3, 0.4) is 0 Å².